The molecule has 0 spiro atoms. The third-order valence-electron chi connectivity index (χ3n) is 2.98. The van der Waals surface area contributed by atoms with Gasteiger partial charge in [-0.1, -0.05) is 0 Å². The van der Waals surface area contributed by atoms with E-state index in [0.29, 0.717) is 24.9 Å². The van der Waals surface area contributed by atoms with Gasteiger partial charge in [0.05, 0.1) is 6.10 Å². The first-order valence-corrected chi connectivity index (χ1v) is 6.40. The molecule has 1 aromatic carbocycles. The van der Waals surface area contributed by atoms with Gasteiger partial charge in [0.1, 0.15) is 17.7 Å². The van der Waals surface area contributed by atoms with Crippen molar-refractivity contribution in [2.45, 2.75) is 38.3 Å². The molecule has 0 aromatic heterocycles. The number of carbonyl (C=O) groups is 1. The first-order valence-electron chi connectivity index (χ1n) is 6.40. The summed E-state index contributed by atoms with van der Waals surface area (Å²) in [4.78, 5) is 10.9. The van der Waals surface area contributed by atoms with Crippen LogP contribution in [0.2, 0.25) is 0 Å². The summed E-state index contributed by atoms with van der Waals surface area (Å²) in [7, 11) is 0. The van der Waals surface area contributed by atoms with Crippen LogP contribution in [0, 0.1) is 11.6 Å². The van der Waals surface area contributed by atoms with Gasteiger partial charge in [-0.05, 0) is 32.4 Å². The van der Waals surface area contributed by atoms with E-state index in [1.54, 1.807) is 13.8 Å². The van der Waals surface area contributed by atoms with Crippen molar-refractivity contribution < 1.29 is 23.0 Å². The minimum Gasteiger partial charge on any atom is -0.385 e. The molecule has 4 nitrogen and oxygen atoms in total. The highest BCUT2D eigenvalue weighted by Crippen LogP contribution is 2.28. The minimum atomic E-state index is -0.790. The number of aldehydes is 1. The van der Waals surface area contributed by atoms with Crippen molar-refractivity contribution in [2.24, 2.45) is 0 Å². The van der Waals surface area contributed by atoms with Gasteiger partial charge in [0.2, 0.25) is 0 Å². The van der Waals surface area contributed by atoms with E-state index in [4.69, 9.17) is 9.47 Å². The van der Waals surface area contributed by atoms with Gasteiger partial charge in [0.15, 0.2) is 12.1 Å². The third-order valence-corrected chi connectivity index (χ3v) is 2.98. The lowest BCUT2D eigenvalue weighted by Gasteiger charge is -2.17. The molecule has 1 aliphatic heterocycles. The second-order valence-electron chi connectivity index (χ2n) is 5.15. The highest BCUT2D eigenvalue weighted by molar-refractivity contribution is 5.57. The van der Waals surface area contributed by atoms with Gasteiger partial charge in [-0.15, -0.1) is 0 Å². The van der Waals surface area contributed by atoms with Gasteiger partial charge in [-0.3, -0.25) is 0 Å². The molecule has 1 heterocycles. The van der Waals surface area contributed by atoms with Gasteiger partial charge in [0.25, 0.3) is 0 Å². The SMILES string of the molecule is CC1(C)OC(C=O)C(CCNc2cc(F)cc(F)c2)O1. The number of halogens is 2. The highest BCUT2D eigenvalue weighted by atomic mass is 19.1. The predicted molar refractivity (Wildman–Crippen MR) is 69.4 cm³/mol. The van der Waals surface area contributed by atoms with Crippen molar-refractivity contribution >= 4 is 12.0 Å². The fourth-order valence-corrected chi connectivity index (χ4v) is 2.22. The molecule has 20 heavy (non-hydrogen) atoms. The molecule has 1 fully saturated rings. The molecule has 0 aliphatic carbocycles. The topological polar surface area (TPSA) is 47.6 Å². The monoisotopic (exact) mass is 285 g/mol. The molecule has 1 saturated heterocycles. The lowest BCUT2D eigenvalue weighted by Crippen LogP contribution is -2.26. The number of rotatable bonds is 5. The molecule has 2 atom stereocenters. The lowest BCUT2D eigenvalue weighted by molar-refractivity contribution is -0.150. The van der Waals surface area contributed by atoms with E-state index in [-0.39, 0.29) is 6.10 Å². The maximum Gasteiger partial charge on any atom is 0.164 e. The van der Waals surface area contributed by atoms with Crippen LogP contribution in [0.3, 0.4) is 0 Å². The molecule has 0 radical (unpaired) electrons. The van der Waals surface area contributed by atoms with E-state index < -0.39 is 23.5 Å². The van der Waals surface area contributed by atoms with E-state index in [9.17, 15) is 13.6 Å². The molecular formula is C14H17F2NO3. The first-order chi connectivity index (χ1) is 9.39. The maximum absolute atomic E-state index is 13.0. The molecule has 1 N–H and O–H groups in total. The fraction of sp³-hybridized carbons (Fsp3) is 0.500. The quantitative estimate of drug-likeness (QED) is 0.844. The minimum absolute atomic E-state index is 0.350. The normalized spacial score (nSPS) is 24.6. The smallest absolute Gasteiger partial charge is 0.164 e. The number of benzene rings is 1. The second kappa shape index (κ2) is 5.85. The van der Waals surface area contributed by atoms with Crippen LogP contribution in [0.25, 0.3) is 0 Å². The Kier molecular flexibility index (Phi) is 4.35. The number of ether oxygens (including phenoxy) is 2. The third kappa shape index (κ3) is 3.74. The summed E-state index contributed by atoms with van der Waals surface area (Å²) in [5, 5.41) is 2.89. The summed E-state index contributed by atoms with van der Waals surface area (Å²) in [6, 6.07) is 3.22. The Balaban J connectivity index is 1.88. The number of anilines is 1. The van der Waals surface area contributed by atoms with Crippen molar-refractivity contribution in [1.82, 2.24) is 0 Å². The van der Waals surface area contributed by atoms with Crippen LogP contribution >= 0.6 is 0 Å². The molecule has 0 amide bonds. The van der Waals surface area contributed by atoms with Crippen molar-refractivity contribution in [3.63, 3.8) is 0 Å². The molecule has 0 bridgehead atoms. The van der Waals surface area contributed by atoms with Gasteiger partial charge >= 0.3 is 0 Å². The number of hydrogen-bond donors (Lipinski definition) is 1. The van der Waals surface area contributed by atoms with Crippen molar-refractivity contribution in [2.75, 3.05) is 11.9 Å². The van der Waals surface area contributed by atoms with E-state index in [0.717, 1.165) is 6.07 Å². The maximum atomic E-state index is 13.0. The summed E-state index contributed by atoms with van der Waals surface area (Å²) in [6.07, 6.45) is 0.219. The molecule has 110 valence electrons. The first kappa shape index (κ1) is 14.9. The molecule has 1 aromatic rings. The highest BCUT2D eigenvalue weighted by Gasteiger charge is 2.40. The van der Waals surface area contributed by atoms with Gasteiger partial charge in [0, 0.05) is 18.3 Å². The van der Waals surface area contributed by atoms with E-state index in [1.807, 2.05) is 0 Å². The molecule has 2 unspecified atom stereocenters. The Morgan fingerprint density at radius 3 is 2.50 bits per heavy atom. The van der Waals surface area contributed by atoms with Crippen LogP contribution in [-0.4, -0.2) is 30.8 Å². The Bertz CT molecular complexity index is 473. The molecular weight excluding hydrogens is 268 g/mol. The summed E-state index contributed by atoms with van der Waals surface area (Å²) < 4.78 is 37.0. The zero-order valence-electron chi connectivity index (χ0n) is 11.4. The van der Waals surface area contributed by atoms with Crippen molar-refractivity contribution in [1.29, 1.82) is 0 Å². The van der Waals surface area contributed by atoms with Crippen LogP contribution in [0.5, 0.6) is 0 Å². The van der Waals surface area contributed by atoms with Crippen LogP contribution in [0.4, 0.5) is 14.5 Å². The Morgan fingerprint density at radius 1 is 1.25 bits per heavy atom. The standard InChI is InChI=1S/C14H17F2NO3/c1-14(2)19-12(13(8-18)20-14)3-4-17-11-6-9(15)5-10(16)7-11/h5-8,12-13,17H,3-4H2,1-2H3. The van der Waals surface area contributed by atoms with Gasteiger partial charge < -0.3 is 19.6 Å². The van der Waals surface area contributed by atoms with E-state index in [2.05, 4.69) is 5.32 Å². The average molecular weight is 285 g/mol. The summed E-state index contributed by atoms with van der Waals surface area (Å²) >= 11 is 0. The van der Waals surface area contributed by atoms with E-state index >= 15 is 0 Å². The number of nitrogens with one attached hydrogen (secondary N) is 1. The van der Waals surface area contributed by atoms with Gasteiger partial charge in [-0.2, -0.15) is 0 Å². The molecule has 6 heteroatoms. The van der Waals surface area contributed by atoms with Crippen LogP contribution in [0.15, 0.2) is 18.2 Å². The van der Waals surface area contributed by atoms with Crippen LogP contribution < -0.4 is 5.32 Å². The zero-order valence-corrected chi connectivity index (χ0v) is 11.4. The predicted octanol–water partition coefficient (Wildman–Crippen LogP) is 2.49. The fourth-order valence-electron chi connectivity index (χ4n) is 2.22. The largest absolute Gasteiger partial charge is 0.385 e. The van der Waals surface area contributed by atoms with Gasteiger partial charge in [-0.25, -0.2) is 8.78 Å². The van der Waals surface area contributed by atoms with Crippen molar-refractivity contribution in [3.8, 4) is 0 Å². The molecule has 1 aliphatic rings. The number of carbonyl (C=O) groups excluding carboxylic acids is 1. The van der Waals surface area contributed by atoms with Crippen LogP contribution in [0.1, 0.15) is 20.3 Å². The summed E-state index contributed by atoms with van der Waals surface area (Å²) in [6.45, 7) is 3.88. The van der Waals surface area contributed by atoms with E-state index in [1.165, 1.54) is 12.1 Å². The average Bonchev–Trinajstić information content (AvgIpc) is 2.63. The Morgan fingerprint density at radius 2 is 1.90 bits per heavy atom. The molecule has 2 rings (SSSR count). The number of hydrogen-bond acceptors (Lipinski definition) is 4. The molecule has 0 saturated carbocycles. The van der Waals surface area contributed by atoms with Crippen molar-refractivity contribution in [3.05, 3.63) is 29.8 Å². The van der Waals surface area contributed by atoms with Crippen LogP contribution in [-0.2, 0) is 14.3 Å². The summed E-state index contributed by atoms with van der Waals surface area (Å²) in [5.41, 5.74) is 0.350. The Hall–Kier alpha value is -1.53. The lowest BCUT2D eigenvalue weighted by atomic mass is 10.1. The Labute approximate surface area is 116 Å². The second-order valence-corrected chi connectivity index (χ2v) is 5.15. The summed E-state index contributed by atoms with van der Waals surface area (Å²) in [5.74, 6) is -2.07. The zero-order chi connectivity index (χ0) is 14.8.